The van der Waals surface area contributed by atoms with Crippen molar-refractivity contribution in [2.75, 3.05) is 0 Å². The molecule has 0 fully saturated rings. The second kappa shape index (κ2) is 13.3. The number of benzene rings is 2. The van der Waals surface area contributed by atoms with E-state index in [-0.39, 0.29) is 11.6 Å². The van der Waals surface area contributed by atoms with E-state index < -0.39 is 4.92 Å². The summed E-state index contributed by atoms with van der Waals surface area (Å²) in [7, 11) is 0. The molecule has 2 aromatic carbocycles. The molecule has 1 N–H and O–H groups in total. The number of aryl methyl sites for hydroxylation is 1. The lowest BCUT2D eigenvalue weighted by molar-refractivity contribution is -0.384. The average Bonchev–Trinajstić information content (AvgIpc) is 3.64. The van der Waals surface area contributed by atoms with Crippen LogP contribution in [0.4, 0.5) is 10.7 Å². The number of carbonyl (C=O) groups is 1. The molecule has 1 aliphatic carbocycles. The van der Waals surface area contributed by atoms with E-state index in [9.17, 15) is 14.9 Å². The zero-order valence-corrected chi connectivity index (χ0v) is 25.6. The van der Waals surface area contributed by atoms with E-state index in [0.717, 1.165) is 47.3 Å². The quantitative estimate of drug-likeness (QED) is 0.100. The number of aromatic nitrogens is 4. The monoisotopic (exact) mass is 623 g/mol. The number of aliphatic imine (C=N–C) groups is 1. The first-order chi connectivity index (χ1) is 21.5. The van der Waals surface area contributed by atoms with Crippen LogP contribution in [0.2, 0.25) is 0 Å². The molecule has 6 rings (SSSR count). The smallest absolute Gasteiger partial charge is 0.270 e. The number of amides is 1. The molecule has 5 aromatic rings. The second-order valence-corrected chi connectivity index (χ2v) is 12.3. The van der Waals surface area contributed by atoms with Gasteiger partial charge in [-0.3, -0.25) is 19.9 Å². The third-order valence-corrected chi connectivity index (χ3v) is 9.65. The van der Waals surface area contributed by atoms with Crippen molar-refractivity contribution in [1.82, 2.24) is 25.1 Å². The Kier molecular flexibility index (Phi) is 8.89. The largest absolute Gasteiger partial charge is 0.348 e. The van der Waals surface area contributed by atoms with E-state index in [1.807, 2.05) is 54.0 Å². The number of pyridine rings is 1. The summed E-state index contributed by atoms with van der Waals surface area (Å²) in [6, 6.07) is 18.2. The van der Waals surface area contributed by atoms with Crippen LogP contribution in [-0.4, -0.2) is 36.8 Å². The SMILES string of the molecule is CCn1c(Sc2ccc([N+](=O)[O-])cc2C=Nc2sc3c(c2C(=O)NCc2ccccc2)CCCC3)nnc1-c1ccncc1. The summed E-state index contributed by atoms with van der Waals surface area (Å²) in [5.41, 5.74) is 4.09. The van der Waals surface area contributed by atoms with Gasteiger partial charge >= 0.3 is 0 Å². The van der Waals surface area contributed by atoms with Crippen LogP contribution in [-0.2, 0) is 25.9 Å². The standard InChI is InChI=1S/C32H29N7O3S2/c1-2-38-29(22-14-16-33-17-15-22)36-37-32(38)44-26-13-12-24(39(41)42)18-23(26)20-35-31-28(25-10-6-7-11-27(25)43-31)30(40)34-19-21-8-4-3-5-9-21/h3-5,8-9,12-18,20H,2,6-7,10-11,19H2,1H3,(H,34,40). The minimum Gasteiger partial charge on any atom is -0.348 e. The Labute approximate surface area is 262 Å². The summed E-state index contributed by atoms with van der Waals surface area (Å²) in [5, 5.41) is 24.9. The first-order valence-electron chi connectivity index (χ1n) is 14.3. The Morgan fingerprint density at radius 2 is 1.91 bits per heavy atom. The highest BCUT2D eigenvalue weighted by atomic mass is 32.2. The number of hydrogen-bond acceptors (Lipinski definition) is 9. The normalized spacial score (nSPS) is 12.8. The fourth-order valence-corrected chi connectivity index (χ4v) is 7.38. The van der Waals surface area contributed by atoms with Crippen molar-refractivity contribution in [2.45, 2.75) is 55.7 Å². The number of carbonyl (C=O) groups excluding carboxylic acids is 1. The first kappa shape index (κ1) is 29.4. The molecule has 0 bridgehead atoms. The molecule has 0 radical (unpaired) electrons. The zero-order chi connectivity index (χ0) is 30.5. The minimum absolute atomic E-state index is 0.0449. The van der Waals surface area contributed by atoms with Gasteiger partial charge in [-0.2, -0.15) is 0 Å². The van der Waals surface area contributed by atoms with E-state index >= 15 is 0 Å². The molecule has 44 heavy (non-hydrogen) atoms. The molecular formula is C32H29N7O3S2. The van der Waals surface area contributed by atoms with E-state index in [2.05, 4.69) is 20.5 Å². The molecule has 0 unspecified atom stereocenters. The highest BCUT2D eigenvalue weighted by Gasteiger charge is 2.25. The van der Waals surface area contributed by atoms with Gasteiger partial charge in [-0.15, -0.1) is 21.5 Å². The predicted molar refractivity (Wildman–Crippen MR) is 172 cm³/mol. The Balaban J connectivity index is 1.34. The molecule has 1 amide bonds. The highest BCUT2D eigenvalue weighted by molar-refractivity contribution is 7.99. The summed E-state index contributed by atoms with van der Waals surface area (Å²) in [5.74, 6) is 0.554. The molecule has 1 aliphatic rings. The van der Waals surface area contributed by atoms with Crippen LogP contribution in [0, 0.1) is 10.1 Å². The fourth-order valence-electron chi connectivity index (χ4n) is 5.18. The van der Waals surface area contributed by atoms with Crippen LogP contribution >= 0.6 is 23.1 Å². The van der Waals surface area contributed by atoms with Gasteiger partial charge in [0.15, 0.2) is 11.0 Å². The van der Waals surface area contributed by atoms with Gasteiger partial charge in [0.2, 0.25) is 0 Å². The molecule has 12 heteroatoms. The van der Waals surface area contributed by atoms with Gasteiger partial charge in [0.1, 0.15) is 5.00 Å². The average molecular weight is 624 g/mol. The molecule has 10 nitrogen and oxygen atoms in total. The number of fused-ring (bicyclic) bond motifs is 1. The second-order valence-electron chi connectivity index (χ2n) is 10.2. The maximum Gasteiger partial charge on any atom is 0.270 e. The van der Waals surface area contributed by atoms with Gasteiger partial charge in [-0.05, 0) is 73.7 Å². The Morgan fingerprint density at radius 1 is 1.11 bits per heavy atom. The lowest BCUT2D eigenvalue weighted by Gasteiger charge is -2.13. The van der Waals surface area contributed by atoms with Crippen LogP contribution in [0.25, 0.3) is 11.4 Å². The number of hydrogen-bond donors (Lipinski definition) is 1. The van der Waals surface area contributed by atoms with Crippen LogP contribution < -0.4 is 5.32 Å². The number of non-ortho nitro benzene ring substituents is 1. The predicted octanol–water partition coefficient (Wildman–Crippen LogP) is 7.04. The minimum atomic E-state index is -0.422. The summed E-state index contributed by atoms with van der Waals surface area (Å²) in [4.78, 5) is 35.6. The lowest BCUT2D eigenvalue weighted by atomic mass is 9.95. The molecule has 222 valence electrons. The number of thiophene rings is 1. The van der Waals surface area contributed by atoms with Crippen LogP contribution in [0.1, 0.15) is 51.7 Å². The molecule has 0 saturated carbocycles. The van der Waals surface area contributed by atoms with Gasteiger partial charge in [-0.25, -0.2) is 4.99 Å². The number of nitro benzene ring substituents is 1. The molecule has 0 aliphatic heterocycles. The van der Waals surface area contributed by atoms with Gasteiger partial charge in [0.05, 0.1) is 10.5 Å². The first-order valence-corrected chi connectivity index (χ1v) is 16.0. The van der Waals surface area contributed by atoms with Gasteiger partial charge < -0.3 is 9.88 Å². The molecule has 0 spiro atoms. The Hall–Kier alpha value is -4.68. The van der Waals surface area contributed by atoms with Gasteiger partial charge in [0.25, 0.3) is 11.6 Å². The molecule has 0 atom stereocenters. The summed E-state index contributed by atoms with van der Waals surface area (Å²) < 4.78 is 1.99. The van der Waals surface area contributed by atoms with Crippen molar-refractivity contribution >= 4 is 45.9 Å². The maximum atomic E-state index is 13.5. The molecular weight excluding hydrogens is 595 g/mol. The molecule has 3 aromatic heterocycles. The van der Waals surface area contributed by atoms with E-state index in [4.69, 9.17) is 4.99 Å². The summed E-state index contributed by atoms with van der Waals surface area (Å²) in [6.45, 7) is 3.06. The summed E-state index contributed by atoms with van der Waals surface area (Å²) in [6.07, 6.45) is 8.89. The highest BCUT2D eigenvalue weighted by Crippen LogP contribution is 2.40. The van der Waals surface area contributed by atoms with Crippen molar-refractivity contribution in [3.8, 4) is 11.4 Å². The fraction of sp³-hybridized carbons (Fsp3) is 0.219. The maximum absolute atomic E-state index is 13.5. The van der Waals surface area contributed by atoms with Gasteiger partial charge in [-0.1, -0.05) is 30.3 Å². The van der Waals surface area contributed by atoms with Crippen molar-refractivity contribution < 1.29 is 9.72 Å². The number of rotatable bonds is 10. The molecule has 0 saturated heterocycles. The van der Waals surface area contributed by atoms with E-state index in [1.54, 1.807) is 24.7 Å². The van der Waals surface area contributed by atoms with Crippen molar-refractivity contribution in [3.63, 3.8) is 0 Å². The van der Waals surface area contributed by atoms with Crippen LogP contribution in [0.5, 0.6) is 0 Å². The van der Waals surface area contributed by atoms with Crippen LogP contribution in [0.3, 0.4) is 0 Å². The van der Waals surface area contributed by atoms with Crippen molar-refractivity contribution in [2.24, 2.45) is 4.99 Å². The lowest BCUT2D eigenvalue weighted by Crippen LogP contribution is -2.24. The number of nitro groups is 1. The topological polar surface area (TPSA) is 128 Å². The summed E-state index contributed by atoms with van der Waals surface area (Å²) >= 11 is 2.89. The third-order valence-electron chi connectivity index (χ3n) is 7.37. The van der Waals surface area contributed by atoms with Crippen LogP contribution in [0.15, 0.2) is 88.1 Å². The Bertz CT molecular complexity index is 1840. The van der Waals surface area contributed by atoms with Crippen molar-refractivity contribution in [1.29, 1.82) is 0 Å². The van der Waals surface area contributed by atoms with Gasteiger partial charge in [0, 0.05) is 64.7 Å². The third kappa shape index (κ3) is 6.31. The zero-order valence-electron chi connectivity index (χ0n) is 24.0. The number of nitrogens with one attached hydrogen (secondary N) is 1. The molecule has 3 heterocycles. The number of nitrogens with zero attached hydrogens (tertiary/aromatic N) is 6. The van der Waals surface area contributed by atoms with E-state index in [1.165, 1.54) is 40.1 Å². The van der Waals surface area contributed by atoms with E-state index in [0.29, 0.717) is 40.2 Å². The van der Waals surface area contributed by atoms with Crippen molar-refractivity contribution in [3.05, 3.63) is 110 Å². The Morgan fingerprint density at radius 3 is 2.68 bits per heavy atom.